The quantitative estimate of drug-likeness (QED) is 0.236. The summed E-state index contributed by atoms with van der Waals surface area (Å²) in [4.78, 5) is 35.9. The number of carboxylic acid groups (broad SMARTS) is 1. The van der Waals surface area contributed by atoms with Crippen LogP contribution in [0, 0.1) is 0 Å². The molecule has 7 nitrogen and oxygen atoms in total. The van der Waals surface area contributed by atoms with Crippen LogP contribution in [0.2, 0.25) is 0 Å². The predicted molar refractivity (Wildman–Crippen MR) is 106 cm³/mol. The van der Waals surface area contributed by atoms with Gasteiger partial charge in [-0.2, -0.15) is 0 Å². The summed E-state index contributed by atoms with van der Waals surface area (Å²) < 4.78 is 16.7. The molecule has 0 radical (unpaired) electrons. The van der Waals surface area contributed by atoms with Crippen molar-refractivity contribution in [2.24, 2.45) is 0 Å². The third kappa shape index (κ3) is 3.02. The first-order valence-corrected chi connectivity index (χ1v) is 9.33. The van der Waals surface area contributed by atoms with Gasteiger partial charge in [0, 0.05) is 20.6 Å². The lowest BCUT2D eigenvalue weighted by atomic mass is 10.1. The Morgan fingerprint density at radius 3 is 2.57 bits per heavy atom. The van der Waals surface area contributed by atoms with Crippen LogP contribution in [0.15, 0.2) is 65.2 Å². The molecule has 9 heteroatoms. The van der Waals surface area contributed by atoms with E-state index in [9.17, 15) is 14.4 Å². The summed E-state index contributed by atoms with van der Waals surface area (Å²) in [5.41, 5.74) is -1.67. The predicted octanol–water partition coefficient (Wildman–Crippen LogP) is 4.98. The van der Waals surface area contributed by atoms with Gasteiger partial charge in [0.2, 0.25) is 5.76 Å². The van der Waals surface area contributed by atoms with Crippen LogP contribution < -0.4 is 10.4 Å². The van der Waals surface area contributed by atoms with E-state index < -0.39 is 23.1 Å². The van der Waals surface area contributed by atoms with Crippen molar-refractivity contribution in [2.45, 2.75) is 0 Å². The summed E-state index contributed by atoms with van der Waals surface area (Å²) in [6.45, 7) is 0. The maximum Gasteiger partial charge on any atom is 0.380 e. The SMILES string of the molecule is O=C(O)c1cc2cc(Br)c(Br)c(OC(=O)c3occ4ccccc34)c2oc1=O. The van der Waals surface area contributed by atoms with Crippen LogP contribution in [0.4, 0.5) is 0 Å². The zero-order valence-corrected chi connectivity index (χ0v) is 16.9. The molecule has 0 saturated heterocycles. The normalized spacial score (nSPS) is 11.1. The minimum absolute atomic E-state index is 0.0138. The molecule has 0 bridgehead atoms. The van der Waals surface area contributed by atoms with Gasteiger partial charge in [-0.3, -0.25) is 0 Å². The highest BCUT2D eigenvalue weighted by molar-refractivity contribution is 9.13. The summed E-state index contributed by atoms with van der Waals surface area (Å²) in [5, 5.41) is 10.7. The van der Waals surface area contributed by atoms with Crippen molar-refractivity contribution >= 4 is 65.5 Å². The van der Waals surface area contributed by atoms with E-state index in [0.29, 0.717) is 14.3 Å². The second kappa shape index (κ2) is 6.92. The molecule has 2 aromatic heterocycles. The van der Waals surface area contributed by atoms with Gasteiger partial charge in [-0.15, -0.1) is 0 Å². The number of carbonyl (C=O) groups is 2. The second-order valence-electron chi connectivity index (χ2n) is 5.71. The highest BCUT2D eigenvalue weighted by Crippen LogP contribution is 2.40. The Morgan fingerprint density at radius 1 is 1.07 bits per heavy atom. The van der Waals surface area contributed by atoms with E-state index in [4.69, 9.17) is 18.7 Å². The fraction of sp³-hybridized carbons (Fsp3) is 0. The number of benzene rings is 2. The largest absolute Gasteiger partial charge is 0.477 e. The molecule has 4 rings (SSSR count). The fourth-order valence-corrected chi connectivity index (χ4v) is 3.51. The molecule has 0 unspecified atom stereocenters. The molecular weight excluding hydrogens is 500 g/mol. The Kier molecular flexibility index (Phi) is 4.56. The summed E-state index contributed by atoms with van der Waals surface area (Å²) >= 11 is 6.58. The van der Waals surface area contributed by atoms with Gasteiger partial charge in [0.25, 0.3) is 0 Å². The molecular formula is C19H8Br2O7. The Labute approximate surface area is 172 Å². The first kappa shape index (κ1) is 18.5. The van der Waals surface area contributed by atoms with Gasteiger partial charge in [0.05, 0.1) is 10.7 Å². The van der Waals surface area contributed by atoms with Crippen LogP contribution in [0.5, 0.6) is 5.75 Å². The topological polar surface area (TPSA) is 107 Å². The molecule has 0 saturated carbocycles. The zero-order chi connectivity index (χ0) is 20.0. The van der Waals surface area contributed by atoms with Gasteiger partial charge in [0.15, 0.2) is 11.3 Å². The molecule has 4 aromatic rings. The van der Waals surface area contributed by atoms with Gasteiger partial charge in [0.1, 0.15) is 5.56 Å². The monoisotopic (exact) mass is 506 g/mol. The summed E-state index contributed by atoms with van der Waals surface area (Å²) in [6.07, 6.45) is 1.43. The molecule has 0 aliphatic heterocycles. The number of fused-ring (bicyclic) bond motifs is 2. The molecule has 0 atom stereocenters. The van der Waals surface area contributed by atoms with Crippen LogP contribution >= 0.6 is 31.9 Å². The summed E-state index contributed by atoms with van der Waals surface area (Å²) in [5.74, 6) is -2.31. The van der Waals surface area contributed by atoms with Gasteiger partial charge >= 0.3 is 17.6 Å². The lowest BCUT2D eigenvalue weighted by molar-refractivity contribution is 0.0683. The summed E-state index contributed by atoms with van der Waals surface area (Å²) in [7, 11) is 0. The Morgan fingerprint density at radius 2 is 1.82 bits per heavy atom. The molecule has 2 aromatic carbocycles. The van der Waals surface area contributed by atoms with E-state index in [1.165, 1.54) is 12.3 Å². The van der Waals surface area contributed by atoms with E-state index in [2.05, 4.69) is 31.9 Å². The summed E-state index contributed by atoms with van der Waals surface area (Å²) in [6, 6.07) is 9.75. The maximum atomic E-state index is 12.7. The minimum atomic E-state index is -1.42. The lowest BCUT2D eigenvalue weighted by Gasteiger charge is -2.10. The Balaban J connectivity index is 1.87. The molecule has 0 aliphatic carbocycles. The van der Waals surface area contributed by atoms with Crippen molar-refractivity contribution < 1.29 is 28.3 Å². The standard InChI is InChI=1S/C19H8Br2O7/c20-12-6-9-5-11(17(22)23)18(24)27-14(9)16(13(12)21)28-19(25)15-10-4-2-1-3-8(10)7-26-15/h1-7H,(H,22,23). The lowest BCUT2D eigenvalue weighted by Crippen LogP contribution is -2.14. The Bertz CT molecular complexity index is 1330. The highest BCUT2D eigenvalue weighted by Gasteiger charge is 2.24. The molecule has 140 valence electrons. The van der Waals surface area contributed by atoms with Crippen molar-refractivity contribution in [2.75, 3.05) is 0 Å². The van der Waals surface area contributed by atoms with E-state index in [-0.39, 0.29) is 22.5 Å². The van der Waals surface area contributed by atoms with Crippen LogP contribution in [-0.2, 0) is 0 Å². The number of ether oxygens (including phenoxy) is 1. The second-order valence-corrected chi connectivity index (χ2v) is 7.36. The highest BCUT2D eigenvalue weighted by atomic mass is 79.9. The van der Waals surface area contributed by atoms with Crippen molar-refractivity contribution in [3.8, 4) is 5.75 Å². The number of carboxylic acids is 1. The molecule has 1 N–H and O–H groups in total. The number of esters is 1. The first-order chi connectivity index (χ1) is 13.4. The van der Waals surface area contributed by atoms with Crippen molar-refractivity contribution in [3.05, 3.63) is 73.4 Å². The maximum absolute atomic E-state index is 12.7. The average Bonchev–Trinajstić information content (AvgIpc) is 3.09. The third-order valence-corrected chi connectivity index (χ3v) is 5.94. The zero-order valence-electron chi connectivity index (χ0n) is 13.7. The Hall–Kier alpha value is -2.91. The third-order valence-electron chi connectivity index (χ3n) is 3.99. The van der Waals surface area contributed by atoms with E-state index >= 15 is 0 Å². The first-order valence-electron chi connectivity index (χ1n) is 7.74. The average molecular weight is 508 g/mol. The number of hydrogen-bond donors (Lipinski definition) is 1. The van der Waals surface area contributed by atoms with Gasteiger partial charge < -0.3 is 18.7 Å². The van der Waals surface area contributed by atoms with Crippen LogP contribution in [0.25, 0.3) is 21.7 Å². The fourth-order valence-electron chi connectivity index (χ4n) is 2.71. The number of aromatic carboxylic acids is 1. The number of furan rings is 1. The molecule has 28 heavy (non-hydrogen) atoms. The van der Waals surface area contributed by atoms with E-state index in [1.54, 1.807) is 24.3 Å². The van der Waals surface area contributed by atoms with Crippen molar-refractivity contribution in [3.63, 3.8) is 0 Å². The van der Waals surface area contributed by atoms with Crippen LogP contribution in [0.1, 0.15) is 20.9 Å². The van der Waals surface area contributed by atoms with Crippen LogP contribution in [0.3, 0.4) is 0 Å². The molecule has 2 heterocycles. The van der Waals surface area contributed by atoms with Crippen LogP contribution in [-0.4, -0.2) is 17.0 Å². The smallest absolute Gasteiger partial charge is 0.380 e. The van der Waals surface area contributed by atoms with Gasteiger partial charge in [-0.05, 0) is 44.0 Å². The molecule has 0 aliphatic rings. The van der Waals surface area contributed by atoms with Gasteiger partial charge in [-0.1, -0.05) is 24.3 Å². The molecule has 0 spiro atoms. The number of rotatable bonds is 3. The van der Waals surface area contributed by atoms with E-state index in [1.807, 2.05) is 0 Å². The van der Waals surface area contributed by atoms with Crippen molar-refractivity contribution in [1.82, 2.24) is 0 Å². The minimum Gasteiger partial charge on any atom is -0.477 e. The molecule has 0 fully saturated rings. The van der Waals surface area contributed by atoms with Gasteiger partial charge in [-0.25, -0.2) is 14.4 Å². The van der Waals surface area contributed by atoms with E-state index in [0.717, 1.165) is 11.5 Å². The number of halogens is 2. The van der Waals surface area contributed by atoms with Crippen molar-refractivity contribution in [1.29, 1.82) is 0 Å². The number of hydrogen-bond acceptors (Lipinski definition) is 6. The molecule has 0 amide bonds. The number of carbonyl (C=O) groups excluding carboxylic acids is 1.